The van der Waals surface area contributed by atoms with E-state index in [1.54, 1.807) is 6.07 Å². The molecule has 1 fully saturated rings. The number of rotatable bonds is 6. The Labute approximate surface area is 138 Å². The summed E-state index contributed by atoms with van der Waals surface area (Å²) in [6, 6.07) is 8.92. The molecule has 1 aliphatic carbocycles. The van der Waals surface area contributed by atoms with Gasteiger partial charge in [0.1, 0.15) is 6.54 Å². The molecular weight excluding hydrogens is 308 g/mol. The Hall–Kier alpha value is -2.96. The molecule has 1 heterocycles. The summed E-state index contributed by atoms with van der Waals surface area (Å²) in [4.78, 5) is 38.6. The zero-order chi connectivity index (χ0) is 16.9. The first-order valence-electron chi connectivity index (χ1n) is 7.80. The molecule has 0 spiro atoms. The number of carbonyl (C=O) groups is 2. The highest BCUT2D eigenvalue weighted by Crippen LogP contribution is 2.30. The van der Waals surface area contributed by atoms with Gasteiger partial charge in [0, 0.05) is 30.5 Å². The van der Waals surface area contributed by atoms with Crippen LogP contribution in [-0.4, -0.2) is 21.4 Å². The molecule has 1 aromatic heterocycles. The molecule has 0 saturated heterocycles. The van der Waals surface area contributed by atoms with Crippen molar-refractivity contribution in [2.75, 3.05) is 5.32 Å². The van der Waals surface area contributed by atoms with Crippen molar-refractivity contribution >= 4 is 17.5 Å². The first-order chi connectivity index (χ1) is 11.6. The van der Waals surface area contributed by atoms with Gasteiger partial charge in [-0.05, 0) is 36.6 Å². The summed E-state index contributed by atoms with van der Waals surface area (Å²) < 4.78 is 1.24. The third-order valence-electron chi connectivity index (χ3n) is 3.76. The number of amides is 2. The van der Waals surface area contributed by atoms with Crippen molar-refractivity contribution in [2.24, 2.45) is 5.92 Å². The third kappa shape index (κ3) is 4.28. The van der Waals surface area contributed by atoms with E-state index in [1.165, 1.54) is 17.0 Å². The summed E-state index contributed by atoms with van der Waals surface area (Å²) >= 11 is 0. The normalized spacial score (nSPS) is 13.3. The monoisotopic (exact) mass is 326 g/mol. The van der Waals surface area contributed by atoms with Crippen LogP contribution >= 0.6 is 0 Å². The number of carbonyl (C=O) groups excluding carboxylic acids is 2. The standard InChI is InChI=1S/C17H18N4O3/c22-15(11-21-9-1-8-18-17(21)24)19-10-12-2-6-14(7-3-12)20-16(23)13-4-5-13/h1-3,6-9,13H,4-5,10-11H2,(H,19,22)(H,20,23). The van der Waals surface area contributed by atoms with E-state index in [0.29, 0.717) is 6.54 Å². The Morgan fingerprint density at radius 2 is 1.96 bits per heavy atom. The van der Waals surface area contributed by atoms with Crippen molar-refractivity contribution in [2.45, 2.75) is 25.9 Å². The van der Waals surface area contributed by atoms with Crippen molar-refractivity contribution < 1.29 is 9.59 Å². The van der Waals surface area contributed by atoms with Gasteiger partial charge in [-0.1, -0.05) is 12.1 Å². The molecule has 1 aliphatic rings. The molecule has 0 radical (unpaired) electrons. The second kappa shape index (κ2) is 7.08. The highest BCUT2D eigenvalue weighted by molar-refractivity contribution is 5.94. The van der Waals surface area contributed by atoms with E-state index >= 15 is 0 Å². The fraction of sp³-hybridized carbons (Fsp3) is 0.294. The second-order valence-corrected chi connectivity index (χ2v) is 5.77. The van der Waals surface area contributed by atoms with Crippen molar-refractivity contribution in [3.8, 4) is 0 Å². The van der Waals surface area contributed by atoms with Gasteiger partial charge in [-0.3, -0.25) is 14.2 Å². The van der Waals surface area contributed by atoms with Crippen molar-refractivity contribution in [3.05, 3.63) is 58.8 Å². The molecule has 0 atom stereocenters. The molecule has 7 nitrogen and oxygen atoms in total. The highest BCUT2D eigenvalue weighted by Gasteiger charge is 2.29. The van der Waals surface area contributed by atoms with Gasteiger partial charge < -0.3 is 10.6 Å². The lowest BCUT2D eigenvalue weighted by atomic mass is 10.2. The molecule has 7 heteroatoms. The molecule has 0 bridgehead atoms. The number of aromatic nitrogens is 2. The maximum atomic E-state index is 11.9. The molecule has 3 rings (SSSR count). The molecule has 2 N–H and O–H groups in total. The van der Waals surface area contributed by atoms with E-state index < -0.39 is 5.69 Å². The summed E-state index contributed by atoms with van der Waals surface area (Å²) in [5.74, 6) is -0.0333. The molecule has 1 aromatic carbocycles. The van der Waals surface area contributed by atoms with E-state index in [0.717, 1.165) is 24.1 Å². The molecule has 2 amide bonds. The lowest BCUT2D eigenvalue weighted by Gasteiger charge is -2.08. The average Bonchev–Trinajstić information content (AvgIpc) is 3.41. The molecule has 124 valence electrons. The number of hydrogen-bond donors (Lipinski definition) is 2. The van der Waals surface area contributed by atoms with Gasteiger partial charge in [0.05, 0.1) is 0 Å². The Bertz CT molecular complexity index is 794. The maximum absolute atomic E-state index is 11.9. The lowest BCUT2D eigenvalue weighted by molar-refractivity contribution is -0.122. The Morgan fingerprint density at radius 3 is 2.62 bits per heavy atom. The van der Waals surface area contributed by atoms with Crippen molar-refractivity contribution in [1.82, 2.24) is 14.9 Å². The largest absolute Gasteiger partial charge is 0.350 e. The number of nitrogens with one attached hydrogen (secondary N) is 2. The van der Waals surface area contributed by atoms with Crippen LogP contribution in [0, 0.1) is 5.92 Å². The van der Waals surface area contributed by atoms with Crippen LogP contribution in [0.1, 0.15) is 18.4 Å². The zero-order valence-electron chi connectivity index (χ0n) is 13.1. The maximum Gasteiger partial charge on any atom is 0.347 e. The van der Waals surface area contributed by atoms with E-state index in [-0.39, 0.29) is 24.3 Å². The van der Waals surface area contributed by atoms with Crippen LogP contribution in [-0.2, 0) is 22.7 Å². The van der Waals surface area contributed by atoms with Gasteiger partial charge in [0.25, 0.3) is 0 Å². The van der Waals surface area contributed by atoms with Gasteiger partial charge in [-0.25, -0.2) is 9.78 Å². The minimum atomic E-state index is -0.455. The van der Waals surface area contributed by atoms with Gasteiger partial charge in [-0.2, -0.15) is 0 Å². The minimum absolute atomic E-state index is 0.0673. The predicted molar refractivity (Wildman–Crippen MR) is 88.1 cm³/mol. The second-order valence-electron chi connectivity index (χ2n) is 5.77. The van der Waals surface area contributed by atoms with Crippen LogP contribution in [0.15, 0.2) is 47.5 Å². The topological polar surface area (TPSA) is 93.1 Å². The smallest absolute Gasteiger partial charge is 0.347 e. The van der Waals surface area contributed by atoms with E-state index in [1.807, 2.05) is 24.3 Å². The van der Waals surface area contributed by atoms with Crippen LogP contribution < -0.4 is 16.3 Å². The fourth-order valence-electron chi connectivity index (χ4n) is 2.21. The Kier molecular flexibility index (Phi) is 4.69. The molecule has 24 heavy (non-hydrogen) atoms. The quantitative estimate of drug-likeness (QED) is 0.825. The molecule has 0 unspecified atom stereocenters. The summed E-state index contributed by atoms with van der Waals surface area (Å²) in [5, 5.41) is 5.61. The Balaban J connectivity index is 1.49. The number of benzene rings is 1. The molecule has 2 aromatic rings. The Morgan fingerprint density at radius 1 is 1.21 bits per heavy atom. The summed E-state index contributed by atoms with van der Waals surface area (Å²) in [7, 11) is 0. The van der Waals surface area contributed by atoms with Crippen LogP contribution in [0.25, 0.3) is 0 Å². The first kappa shape index (κ1) is 15.9. The summed E-state index contributed by atoms with van der Waals surface area (Å²) in [6.07, 6.45) is 4.85. The van der Waals surface area contributed by atoms with Crippen molar-refractivity contribution in [3.63, 3.8) is 0 Å². The lowest BCUT2D eigenvalue weighted by Crippen LogP contribution is -2.32. The van der Waals surface area contributed by atoms with E-state index in [9.17, 15) is 14.4 Å². The fourth-order valence-corrected chi connectivity index (χ4v) is 2.21. The number of anilines is 1. The van der Waals surface area contributed by atoms with Crippen LogP contribution in [0.3, 0.4) is 0 Å². The van der Waals surface area contributed by atoms with Gasteiger partial charge in [-0.15, -0.1) is 0 Å². The third-order valence-corrected chi connectivity index (χ3v) is 3.76. The van der Waals surface area contributed by atoms with Gasteiger partial charge in [0.15, 0.2) is 0 Å². The van der Waals surface area contributed by atoms with Gasteiger partial charge in [0.2, 0.25) is 11.8 Å². The van der Waals surface area contributed by atoms with Gasteiger partial charge >= 0.3 is 5.69 Å². The first-order valence-corrected chi connectivity index (χ1v) is 7.80. The summed E-state index contributed by atoms with van der Waals surface area (Å²) in [5.41, 5.74) is 1.21. The number of nitrogens with zero attached hydrogens (tertiary/aromatic N) is 2. The van der Waals surface area contributed by atoms with Crippen molar-refractivity contribution in [1.29, 1.82) is 0 Å². The minimum Gasteiger partial charge on any atom is -0.350 e. The molecular formula is C17H18N4O3. The van der Waals surface area contributed by atoms with Crippen LogP contribution in [0.5, 0.6) is 0 Å². The van der Waals surface area contributed by atoms with Crippen LogP contribution in [0.2, 0.25) is 0 Å². The summed E-state index contributed by atoms with van der Waals surface area (Å²) in [6.45, 7) is 0.285. The highest BCUT2D eigenvalue weighted by atomic mass is 16.2. The molecule has 0 aliphatic heterocycles. The predicted octanol–water partition coefficient (Wildman–Crippen LogP) is 0.908. The van der Waals surface area contributed by atoms with E-state index in [4.69, 9.17) is 0 Å². The van der Waals surface area contributed by atoms with E-state index in [2.05, 4.69) is 15.6 Å². The molecule has 1 saturated carbocycles. The van der Waals surface area contributed by atoms with Crippen LogP contribution in [0.4, 0.5) is 5.69 Å². The average molecular weight is 326 g/mol. The SMILES string of the molecule is O=C(Cn1cccnc1=O)NCc1ccc(NC(=O)C2CC2)cc1. The zero-order valence-corrected chi connectivity index (χ0v) is 13.1. The number of hydrogen-bond acceptors (Lipinski definition) is 4.